The van der Waals surface area contributed by atoms with Crippen LogP contribution in [0.15, 0.2) is 0 Å². The number of ether oxygens (including phenoxy) is 2. The zero-order valence-corrected chi connectivity index (χ0v) is 15.0. The van der Waals surface area contributed by atoms with E-state index in [1.807, 2.05) is 20.8 Å². The van der Waals surface area contributed by atoms with Crippen molar-refractivity contribution < 1.29 is 19.4 Å². The molecule has 0 aliphatic carbocycles. The van der Waals surface area contributed by atoms with Crippen molar-refractivity contribution in [2.75, 3.05) is 26.2 Å². The molecule has 0 aromatic rings. The van der Waals surface area contributed by atoms with E-state index >= 15 is 0 Å². The predicted molar refractivity (Wildman–Crippen MR) is 91.8 cm³/mol. The summed E-state index contributed by atoms with van der Waals surface area (Å²) in [6.07, 6.45) is 0.660. The maximum absolute atomic E-state index is 11.8. The van der Waals surface area contributed by atoms with Crippen LogP contribution in [-0.2, 0) is 9.47 Å². The van der Waals surface area contributed by atoms with Crippen LogP contribution in [0.1, 0.15) is 40.0 Å². The quantitative estimate of drug-likeness (QED) is 0.482. The number of nitrogens with zero attached hydrogens (tertiary/aromatic N) is 1. The number of carbonyl (C=O) groups is 1. The lowest BCUT2D eigenvalue weighted by atomic mass is 10.1. The van der Waals surface area contributed by atoms with Gasteiger partial charge in [-0.3, -0.25) is 5.41 Å². The number of nitrogens with one attached hydrogen (secondary N) is 2. The molecule has 0 spiro atoms. The Morgan fingerprint density at radius 3 is 2.70 bits per heavy atom. The molecule has 1 unspecified atom stereocenters. The summed E-state index contributed by atoms with van der Waals surface area (Å²) in [6, 6.07) is 0. The summed E-state index contributed by atoms with van der Waals surface area (Å²) >= 11 is 1.26. The van der Waals surface area contributed by atoms with Gasteiger partial charge in [-0.1, -0.05) is 18.7 Å². The smallest absolute Gasteiger partial charge is 0.409 e. The van der Waals surface area contributed by atoms with Crippen molar-refractivity contribution in [2.24, 2.45) is 0 Å². The van der Waals surface area contributed by atoms with Gasteiger partial charge in [-0.2, -0.15) is 0 Å². The van der Waals surface area contributed by atoms with Gasteiger partial charge >= 0.3 is 6.09 Å². The van der Waals surface area contributed by atoms with E-state index in [-0.39, 0.29) is 24.2 Å². The molecule has 0 aromatic heterocycles. The average molecular weight is 347 g/mol. The van der Waals surface area contributed by atoms with Crippen molar-refractivity contribution >= 4 is 23.0 Å². The molecule has 0 radical (unpaired) electrons. The molecule has 1 amide bonds. The van der Waals surface area contributed by atoms with Crippen molar-refractivity contribution in [1.29, 1.82) is 5.41 Å². The molecule has 1 heterocycles. The van der Waals surface area contributed by atoms with E-state index < -0.39 is 6.10 Å². The van der Waals surface area contributed by atoms with Crippen molar-refractivity contribution in [3.05, 3.63) is 0 Å². The third-order valence-electron chi connectivity index (χ3n) is 3.54. The number of hydrogen-bond acceptors (Lipinski definition) is 6. The van der Waals surface area contributed by atoms with Gasteiger partial charge in [0.2, 0.25) is 0 Å². The summed E-state index contributed by atoms with van der Waals surface area (Å²) < 4.78 is 11.1. The molecule has 8 heteroatoms. The Kier molecular flexibility index (Phi) is 9.35. The number of aliphatic hydroxyl groups is 1. The van der Waals surface area contributed by atoms with Gasteiger partial charge < -0.3 is 24.8 Å². The van der Waals surface area contributed by atoms with E-state index in [1.54, 1.807) is 4.90 Å². The van der Waals surface area contributed by atoms with Crippen molar-refractivity contribution in [1.82, 2.24) is 10.2 Å². The minimum atomic E-state index is -0.502. The zero-order chi connectivity index (χ0) is 17.2. The monoisotopic (exact) mass is 347 g/mol. The minimum absolute atomic E-state index is 0.124. The van der Waals surface area contributed by atoms with Crippen molar-refractivity contribution in [3.63, 3.8) is 0 Å². The number of hydrogen-bond donors (Lipinski definition) is 3. The second kappa shape index (κ2) is 10.7. The number of aliphatic hydroxyl groups excluding tert-OH is 1. The molecule has 134 valence electrons. The van der Waals surface area contributed by atoms with E-state index in [0.717, 1.165) is 13.0 Å². The Labute approximate surface area is 142 Å². The SMILES string of the molecule is CCCNC(=N)SC1C[C@@H](O)C[C@@H](COC(=O)N(CC)CC)O1. The Bertz CT molecular complexity index is 380. The summed E-state index contributed by atoms with van der Waals surface area (Å²) in [5.41, 5.74) is -0.298. The van der Waals surface area contributed by atoms with Crippen LogP contribution in [0, 0.1) is 5.41 Å². The fourth-order valence-electron chi connectivity index (χ4n) is 2.28. The van der Waals surface area contributed by atoms with Crippen LogP contribution in [0.5, 0.6) is 0 Å². The first-order valence-corrected chi connectivity index (χ1v) is 9.12. The highest BCUT2D eigenvalue weighted by Crippen LogP contribution is 2.27. The lowest BCUT2D eigenvalue weighted by Crippen LogP contribution is -2.40. The number of amides is 1. The summed E-state index contributed by atoms with van der Waals surface area (Å²) in [5, 5.41) is 21.1. The Morgan fingerprint density at radius 1 is 1.39 bits per heavy atom. The third-order valence-corrected chi connectivity index (χ3v) is 4.49. The number of thioether (sulfide) groups is 1. The van der Waals surface area contributed by atoms with Gasteiger partial charge in [0.1, 0.15) is 12.0 Å². The highest BCUT2D eigenvalue weighted by molar-refractivity contribution is 8.14. The Balaban J connectivity index is 2.41. The fraction of sp³-hybridized carbons (Fsp3) is 0.867. The van der Waals surface area contributed by atoms with Gasteiger partial charge in [0, 0.05) is 32.5 Å². The van der Waals surface area contributed by atoms with E-state index in [1.165, 1.54) is 11.8 Å². The first-order chi connectivity index (χ1) is 11.0. The minimum Gasteiger partial charge on any atom is -0.447 e. The molecule has 1 rings (SSSR count). The van der Waals surface area contributed by atoms with Gasteiger partial charge in [-0.05, 0) is 20.3 Å². The average Bonchev–Trinajstić information content (AvgIpc) is 2.51. The van der Waals surface area contributed by atoms with Crippen LogP contribution in [0.4, 0.5) is 4.79 Å². The van der Waals surface area contributed by atoms with Crippen LogP contribution in [-0.4, -0.2) is 65.2 Å². The summed E-state index contributed by atoms with van der Waals surface area (Å²) in [7, 11) is 0. The van der Waals surface area contributed by atoms with E-state index in [9.17, 15) is 9.90 Å². The molecular weight excluding hydrogens is 318 g/mol. The van der Waals surface area contributed by atoms with Crippen LogP contribution < -0.4 is 5.32 Å². The molecule has 0 bridgehead atoms. The largest absolute Gasteiger partial charge is 0.447 e. The standard InChI is InChI=1S/C15H29N3O4S/c1-4-7-17-14(16)23-13-9-11(19)8-12(22-13)10-21-15(20)18(5-2)6-3/h11-13,19H,4-10H2,1-3H3,(H2,16,17)/t11-,12-,13?/m0/s1. The molecule has 1 saturated heterocycles. The second-order valence-corrected chi connectivity index (χ2v) is 6.61. The molecule has 1 fully saturated rings. The maximum Gasteiger partial charge on any atom is 0.409 e. The molecular formula is C15H29N3O4S. The number of rotatable bonds is 7. The number of amidine groups is 1. The van der Waals surface area contributed by atoms with Crippen LogP contribution in [0.25, 0.3) is 0 Å². The second-order valence-electron chi connectivity index (χ2n) is 5.44. The lowest BCUT2D eigenvalue weighted by molar-refractivity contribution is -0.0819. The van der Waals surface area contributed by atoms with Gasteiger partial charge in [0.25, 0.3) is 0 Å². The zero-order valence-electron chi connectivity index (χ0n) is 14.2. The topological polar surface area (TPSA) is 94.9 Å². The maximum atomic E-state index is 11.8. The van der Waals surface area contributed by atoms with Crippen molar-refractivity contribution in [3.8, 4) is 0 Å². The third kappa shape index (κ3) is 7.41. The van der Waals surface area contributed by atoms with Gasteiger partial charge in [0.05, 0.1) is 12.2 Å². The molecule has 3 atom stereocenters. The van der Waals surface area contributed by atoms with E-state index in [4.69, 9.17) is 14.9 Å². The van der Waals surface area contributed by atoms with Gasteiger partial charge in [-0.15, -0.1) is 0 Å². The lowest BCUT2D eigenvalue weighted by Gasteiger charge is -2.32. The predicted octanol–water partition coefficient (Wildman–Crippen LogP) is 2.00. The molecule has 3 N–H and O–H groups in total. The fourth-order valence-corrected chi connectivity index (χ4v) is 3.26. The van der Waals surface area contributed by atoms with E-state index in [0.29, 0.717) is 31.1 Å². The molecule has 0 saturated carbocycles. The molecule has 1 aliphatic rings. The summed E-state index contributed by atoms with van der Waals surface area (Å²) in [5.74, 6) is 0. The first-order valence-electron chi connectivity index (χ1n) is 8.24. The van der Waals surface area contributed by atoms with Crippen molar-refractivity contribution in [2.45, 2.75) is 57.7 Å². The molecule has 0 aromatic carbocycles. The summed E-state index contributed by atoms with van der Waals surface area (Å²) in [6.45, 7) is 7.89. The Morgan fingerprint density at radius 2 is 2.09 bits per heavy atom. The van der Waals surface area contributed by atoms with Crippen LogP contribution in [0.2, 0.25) is 0 Å². The number of carbonyl (C=O) groups excluding carboxylic acids is 1. The first kappa shape index (κ1) is 20.1. The molecule has 1 aliphatic heterocycles. The molecule has 23 heavy (non-hydrogen) atoms. The molecule has 7 nitrogen and oxygen atoms in total. The van der Waals surface area contributed by atoms with Crippen LogP contribution >= 0.6 is 11.8 Å². The van der Waals surface area contributed by atoms with Gasteiger partial charge in [0.15, 0.2) is 5.17 Å². The highest BCUT2D eigenvalue weighted by atomic mass is 32.2. The van der Waals surface area contributed by atoms with Crippen LogP contribution in [0.3, 0.4) is 0 Å². The summed E-state index contributed by atoms with van der Waals surface area (Å²) in [4.78, 5) is 13.4. The Hall–Kier alpha value is -0.990. The highest BCUT2D eigenvalue weighted by Gasteiger charge is 2.30. The van der Waals surface area contributed by atoms with Gasteiger partial charge in [-0.25, -0.2) is 4.79 Å². The normalized spacial score (nSPS) is 24.1. The van der Waals surface area contributed by atoms with E-state index in [2.05, 4.69) is 5.32 Å².